The number of nitrogens with two attached hydrogens (primary N) is 1. The van der Waals surface area contributed by atoms with E-state index in [0.29, 0.717) is 18.7 Å². The first kappa shape index (κ1) is 14.3. The highest BCUT2D eigenvalue weighted by Crippen LogP contribution is 2.10. The van der Waals surface area contributed by atoms with E-state index < -0.39 is 0 Å². The lowest BCUT2D eigenvalue weighted by molar-refractivity contribution is -0.127. The third kappa shape index (κ3) is 8.28. The quantitative estimate of drug-likeness (QED) is 0.732. The molecule has 0 aliphatic heterocycles. The van der Waals surface area contributed by atoms with E-state index in [9.17, 15) is 4.79 Å². The number of carbonyl (C=O) groups excluding carboxylic acids is 1. The van der Waals surface area contributed by atoms with Gasteiger partial charge in [0.05, 0.1) is 18.2 Å². The summed E-state index contributed by atoms with van der Waals surface area (Å²) >= 11 is 1.53. The Morgan fingerprint density at radius 1 is 1.60 bits per heavy atom. The summed E-state index contributed by atoms with van der Waals surface area (Å²) < 4.78 is 0. The normalized spacial score (nSPS) is 10.9. The van der Waals surface area contributed by atoms with Crippen LogP contribution < -0.4 is 5.73 Å². The highest BCUT2D eigenvalue weighted by molar-refractivity contribution is 8.00. The van der Waals surface area contributed by atoms with Crippen molar-refractivity contribution in [3.63, 3.8) is 0 Å². The fourth-order valence-corrected chi connectivity index (χ4v) is 1.88. The molecule has 0 radical (unpaired) electrons. The monoisotopic (exact) mass is 229 g/mol. The number of hydrogen-bond donors (Lipinski definition) is 1. The Morgan fingerprint density at radius 2 is 2.20 bits per heavy atom. The number of amides is 1. The van der Waals surface area contributed by atoms with Gasteiger partial charge in [0.1, 0.15) is 0 Å². The van der Waals surface area contributed by atoms with Gasteiger partial charge in [-0.1, -0.05) is 0 Å². The average Bonchev–Trinajstić information content (AvgIpc) is 2.11. The number of rotatable bonds is 6. The van der Waals surface area contributed by atoms with Crippen LogP contribution in [0, 0.1) is 11.3 Å². The molecule has 0 saturated heterocycles. The topological polar surface area (TPSA) is 70.1 Å². The molecule has 0 heterocycles. The Balaban J connectivity index is 3.70. The average molecular weight is 229 g/mol. The van der Waals surface area contributed by atoms with Crippen molar-refractivity contribution in [3.8, 4) is 6.07 Å². The molecule has 15 heavy (non-hydrogen) atoms. The van der Waals surface area contributed by atoms with E-state index in [4.69, 9.17) is 11.0 Å². The number of thioether (sulfide) groups is 1. The lowest BCUT2D eigenvalue weighted by Crippen LogP contribution is -2.36. The van der Waals surface area contributed by atoms with Crippen molar-refractivity contribution in [3.05, 3.63) is 0 Å². The molecule has 0 aromatic carbocycles. The van der Waals surface area contributed by atoms with Crippen molar-refractivity contribution in [1.29, 1.82) is 5.26 Å². The van der Waals surface area contributed by atoms with Crippen LogP contribution in [0.4, 0.5) is 0 Å². The van der Waals surface area contributed by atoms with Crippen LogP contribution in [0.3, 0.4) is 0 Å². The van der Waals surface area contributed by atoms with Gasteiger partial charge in [-0.3, -0.25) is 4.79 Å². The molecule has 2 N–H and O–H groups in total. The molecule has 0 aliphatic carbocycles. The Hall–Kier alpha value is -0.730. The van der Waals surface area contributed by atoms with Gasteiger partial charge in [-0.25, -0.2) is 0 Å². The Labute approximate surface area is 95.8 Å². The third-order valence-electron chi connectivity index (χ3n) is 1.68. The summed E-state index contributed by atoms with van der Waals surface area (Å²) in [6.45, 7) is 4.37. The predicted octanol–water partition coefficient (Wildman–Crippen LogP) is 0.829. The second-order valence-electron chi connectivity index (χ2n) is 4.20. The maximum Gasteiger partial charge on any atom is 0.232 e. The summed E-state index contributed by atoms with van der Waals surface area (Å²) in [6, 6.07) is 2.01. The van der Waals surface area contributed by atoms with Crippen LogP contribution in [0.1, 0.15) is 20.3 Å². The van der Waals surface area contributed by atoms with Gasteiger partial charge in [0.15, 0.2) is 0 Å². The maximum absolute atomic E-state index is 11.5. The SMILES string of the molecule is CN(CCC#N)C(=O)CSCC(C)(C)N. The smallest absolute Gasteiger partial charge is 0.232 e. The summed E-state index contributed by atoms with van der Waals surface area (Å²) in [6.07, 6.45) is 0.384. The molecule has 1 amide bonds. The fraction of sp³-hybridized carbons (Fsp3) is 0.800. The molecule has 0 fully saturated rings. The van der Waals surface area contributed by atoms with Crippen LogP contribution in [0.15, 0.2) is 0 Å². The Bertz CT molecular complexity index is 242. The molecule has 86 valence electrons. The van der Waals surface area contributed by atoms with E-state index in [2.05, 4.69) is 0 Å². The zero-order valence-electron chi connectivity index (χ0n) is 9.62. The first-order valence-electron chi connectivity index (χ1n) is 4.84. The van der Waals surface area contributed by atoms with Crippen molar-refractivity contribution < 1.29 is 4.79 Å². The highest BCUT2D eigenvalue weighted by Gasteiger charge is 2.13. The van der Waals surface area contributed by atoms with Crippen molar-refractivity contribution in [2.75, 3.05) is 25.1 Å². The van der Waals surface area contributed by atoms with E-state index in [1.807, 2.05) is 19.9 Å². The predicted molar refractivity (Wildman–Crippen MR) is 63.5 cm³/mol. The lowest BCUT2D eigenvalue weighted by Gasteiger charge is -2.19. The van der Waals surface area contributed by atoms with Gasteiger partial charge in [0.25, 0.3) is 0 Å². The standard InChI is InChI=1S/C10H19N3OS/c1-10(2,12)8-15-7-9(14)13(3)6-4-5-11/h4,6-8,12H2,1-3H3. The van der Waals surface area contributed by atoms with Gasteiger partial charge >= 0.3 is 0 Å². The molecule has 0 saturated carbocycles. The zero-order valence-corrected chi connectivity index (χ0v) is 10.4. The van der Waals surface area contributed by atoms with Crippen molar-refractivity contribution >= 4 is 17.7 Å². The van der Waals surface area contributed by atoms with Crippen LogP contribution in [0.5, 0.6) is 0 Å². The zero-order chi connectivity index (χ0) is 11.9. The molecule has 0 spiro atoms. The number of hydrogen-bond acceptors (Lipinski definition) is 4. The molecular weight excluding hydrogens is 210 g/mol. The second kappa shape index (κ2) is 6.70. The van der Waals surface area contributed by atoms with Crippen molar-refractivity contribution in [2.24, 2.45) is 5.73 Å². The summed E-state index contributed by atoms with van der Waals surface area (Å²) in [5, 5.41) is 8.37. The minimum absolute atomic E-state index is 0.0551. The number of carbonyl (C=O) groups is 1. The molecule has 0 rings (SSSR count). The molecule has 0 aromatic rings. The summed E-state index contributed by atoms with van der Waals surface area (Å²) in [5.41, 5.74) is 5.55. The van der Waals surface area contributed by atoms with Crippen molar-refractivity contribution in [1.82, 2.24) is 4.90 Å². The molecule has 5 heteroatoms. The fourth-order valence-electron chi connectivity index (χ4n) is 0.854. The first-order chi connectivity index (χ1) is 6.87. The van der Waals surface area contributed by atoms with Crippen LogP contribution in [0.25, 0.3) is 0 Å². The van der Waals surface area contributed by atoms with E-state index in [1.54, 1.807) is 11.9 Å². The number of nitrogens with zero attached hydrogens (tertiary/aromatic N) is 2. The van der Waals surface area contributed by atoms with Crippen LogP contribution in [0.2, 0.25) is 0 Å². The van der Waals surface area contributed by atoms with Gasteiger partial charge in [0, 0.05) is 24.9 Å². The van der Waals surface area contributed by atoms with E-state index in [-0.39, 0.29) is 11.4 Å². The van der Waals surface area contributed by atoms with Gasteiger partial charge in [-0.05, 0) is 13.8 Å². The largest absolute Gasteiger partial charge is 0.344 e. The Kier molecular flexibility index (Phi) is 6.37. The van der Waals surface area contributed by atoms with Crippen molar-refractivity contribution in [2.45, 2.75) is 25.8 Å². The molecule has 4 nitrogen and oxygen atoms in total. The van der Waals surface area contributed by atoms with Crippen LogP contribution in [-0.2, 0) is 4.79 Å². The molecular formula is C10H19N3OS. The highest BCUT2D eigenvalue weighted by atomic mass is 32.2. The van der Waals surface area contributed by atoms with Crippen LogP contribution >= 0.6 is 11.8 Å². The third-order valence-corrected chi connectivity index (χ3v) is 3.08. The minimum Gasteiger partial charge on any atom is -0.344 e. The molecule has 0 aromatic heterocycles. The van der Waals surface area contributed by atoms with Gasteiger partial charge in [-0.2, -0.15) is 17.0 Å². The Morgan fingerprint density at radius 3 is 2.67 bits per heavy atom. The number of nitriles is 1. The lowest BCUT2D eigenvalue weighted by atomic mass is 10.1. The molecule has 0 bridgehead atoms. The van der Waals surface area contributed by atoms with Gasteiger partial charge in [0.2, 0.25) is 5.91 Å². The van der Waals surface area contributed by atoms with Gasteiger partial charge in [-0.15, -0.1) is 0 Å². The van der Waals surface area contributed by atoms with Crippen LogP contribution in [-0.4, -0.2) is 41.4 Å². The molecule has 0 atom stereocenters. The summed E-state index contributed by atoms with van der Waals surface area (Å²) in [4.78, 5) is 13.1. The van der Waals surface area contributed by atoms with E-state index >= 15 is 0 Å². The summed E-state index contributed by atoms with van der Waals surface area (Å²) in [5.74, 6) is 1.24. The van der Waals surface area contributed by atoms with Gasteiger partial charge < -0.3 is 10.6 Å². The van der Waals surface area contributed by atoms with E-state index in [0.717, 1.165) is 5.75 Å². The molecule has 0 unspecified atom stereocenters. The molecule has 0 aliphatic rings. The second-order valence-corrected chi connectivity index (χ2v) is 5.19. The summed E-state index contributed by atoms with van der Waals surface area (Å²) in [7, 11) is 1.72. The first-order valence-corrected chi connectivity index (χ1v) is 6.00. The van der Waals surface area contributed by atoms with E-state index in [1.165, 1.54) is 11.8 Å². The minimum atomic E-state index is -0.240. The maximum atomic E-state index is 11.5.